The molecule has 2 N–H and O–H groups in total. The van der Waals surface area contributed by atoms with Gasteiger partial charge in [0.25, 0.3) is 11.5 Å². The molecule has 1 aromatic carbocycles. The smallest absolute Gasteiger partial charge is 0.280 e. The SMILES string of the molecule is O=C(c1ccc(N2CCOCC2)cc1)n1nc(-c2ccc[nH]c2=O)cc1NCc1ccc(Cl)s1. The zero-order valence-corrected chi connectivity index (χ0v) is 19.7. The van der Waals surface area contributed by atoms with E-state index in [1.54, 1.807) is 36.5 Å². The molecule has 1 aliphatic rings. The number of carbonyl (C=O) groups excluding carboxylic acids is 1. The fraction of sp³-hybridized carbons (Fsp3) is 0.208. The van der Waals surface area contributed by atoms with Crippen LogP contribution in [-0.2, 0) is 11.3 Å². The number of aromatic amines is 1. The Hall–Kier alpha value is -3.40. The summed E-state index contributed by atoms with van der Waals surface area (Å²) in [4.78, 5) is 31.6. The number of anilines is 2. The Morgan fingerprint density at radius 3 is 2.65 bits per heavy atom. The first-order valence-electron chi connectivity index (χ1n) is 10.8. The summed E-state index contributed by atoms with van der Waals surface area (Å²) < 4.78 is 7.41. The lowest BCUT2D eigenvalue weighted by Gasteiger charge is -2.28. The molecule has 0 radical (unpaired) electrons. The molecule has 8 nitrogen and oxygen atoms in total. The van der Waals surface area contributed by atoms with Crippen molar-refractivity contribution in [3.63, 3.8) is 0 Å². The third-order valence-electron chi connectivity index (χ3n) is 5.56. The molecule has 0 unspecified atom stereocenters. The van der Waals surface area contributed by atoms with E-state index in [4.69, 9.17) is 16.3 Å². The van der Waals surface area contributed by atoms with Crippen LogP contribution in [0.2, 0.25) is 4.34 Å². The molecule has 10 heteroatoms. The minimum Gasteiger partial charge on any atom is -0.378 e. The standard InChI is InChI=1S/C24H22ClN5O3S/c25-21-8-7-18(34-21)15-27-22-14-20(19-2-1-9-26-23(19)31)28-30(22)24(32)16-3-5-17(6-4-16)29-10-12-33-13-11-29/h1-9,14,27H,10-13,15H2,(H,26,31). The Morgan fingerprint density at radius 2 is 1.94 bits per heavy atom. The van der Waals surface area contributed by atoms with Gasteiger partial charge in [0.05, 0.1) is 29.7 Å². The van der Waals surface area contributed by atoms with Crippen LogP contribution in [0, 0.1) is 0 Å². The van der Waals surface area contributed by atoms with Gasteiger partial charge in [-0.05, 0) is 48.5 Å². The number of carbonyl (C=O) groups is 1. The summed E-state index contributed by atoms with van der Waals surface area (Å²) in [5, 5.41) is 7.75. The number of nitrogens with one attached hydrogen (secondary N) is 2. The maximum Gasteiger partial charge on any atom is 0.280 e. The molecule has 0 spiro atoms. The Bertz CT molecular complexity index is 1360. The lowest BCUT2D eigenvalue weighted by atomic mass is 10.1. The van der Waals surface area contributed by atoms with E-state index in [9.17, 15) is 9.59 Å². The zero-order valence-electron chi connectivity index (χ0n) is 18.2. The number of hydrogen-bond acceptors (Lipinski definition) is 7. The molecule has 1 fully saturated rings. The van der Waals surface area contributed by atoms with E-state index in [0.717, 1.165) is 23.7 Å². The molecule has 3 aromatic heterocycles. The van der Waals surface area contributed by atoms with Crippen LogP contribution in [0.3, 0.4) is 0 Å². The quantitative estimate of drug-likeness (QED) is 0.418. The average molecular weight is 496 g/mol. The number of benzene rings is 1. The normalized spacial score (nSPS) is 13.7. The second-order valence-corrected chi connectivity index (χ2v) is 9.55. The van der Waals surface area contributed by atoms with Gasteiger partial charge < -0.3 is 19.9 Å². The van der Waals surface area contributed by atoms with Crippen molar-refractivity contribution < 1.29 is 9.53 Å². The van der Waals surface area contributed by atoms with Gasteiger partial charge in [-0.1, -0.05) is 11.6 Å². The zero-order chi connectivity index (χ0) is 23.5. The van der Waals surface area contributed by atoms with Gasteiger partial charge in [-0.2, -0.15) is 9.78 Å². The second kappa shape index (κ2) is 9.84. The predicted octanol–water partition coefficient (Wildman–Crippen LogP) is 4.09. The first-order chi connectivity index (χ1) is 16.6. The third kappa shape index (κ3) is 4.77. The minimum atomic E-state index is -0.293. The van der Waals surface area contributed by atoms with Crippen LogP contribution in [0.1, 0.15) is 15.2 Å². The van der Waals surface area contributed by atoms with Gasteiger partial charge in [-0.3, -0.25) is 9.59 Å². The van der Waals surface area contributed by atoms with E-state index < -0.39 is 0 Å². The summed E-state index contributed by atoms with van der Waals surface area (Å²) in [5.74, 6) is 0.198. The van der Waals surface area contributed by atoms with Gasteiger partial charge >= 0.3 is 0 Å². The van der Waals surface area contributed by atoms with Gasteiger partial charge in [0.1, 0.15) is 11.5 Å². The van der Waals surface area contributed by atoms with E-state index in [2.05, 4.69) is 20.3 Å². The second-order valence-electron chi connectivity index (χ2n) is 7.75. The van der Waals surface area contributed by atoms with Crippen molar-refractivity contribution in [1.29, 1.82) is 0 Å². The van der Waals surface area contributed by atoms with E-state index in [0.29, 0.717) is 46.7 Å². The van der Waals surface area contributed by atoms with E-state index in [-0.39, 0.29) is 11.5 Å². The lowest BCUT2D eigenvalue weighted by molar-refractivity contribution is 0.0948. The van der Waals surface area contributed by atoms with Gasteiger partial charge in [-0.15, -0.1) is 11.3 Å². The number of rotatable bonds is 6. The molecule has 1 aliphatic heterocycles. The number of halogens is 1. The van der Waals surface area contributed by atoms with Crippen molar-refractivity contribution in [2.24, 2.45) is 0 Å². The first-order valence-corrected chi connectivity index (χ1v) is 12.0. The van der Waals surface area contributed by atoms with Crippen LogP contribution in [0.5, 0.6) is 0 Å². The number of H-pyrrole nitrogens is 1. The fourth-order valence-electron chi connectivity index (χ4n) is 3.80. The van der Waals surface area contributed by atoms with Crippen LogP contribution < -0.4 is 15.8 Å². The molecule has 0 atom stereocenters. The highest BCUT2D eigenvalue weighted by molar-refractivity contribution is 7.16. The summed E-state index contributed by atoms with van der Waals surface area (Å²) >= 11 is 7.50. The highest BCUT2D eigenvalue weighted by Gasteiger charge is 2.19. The number of ether oxygens (including phenoxy) is 1. The molecule has 0 amide bonds. The number of aromatic nitrogens is 3. The summed E-state index contributed by atoms with van der Waals surface area (Å²) in [7, 11) is 0. The van der Waals surface area contributed by atoms with Crippen molar-refractivity contribution >= 4 is 40.4 Å². The monoisotopic (exact) mass is 495 g/mol. The molecule has 34 heavy (non-hydrogen) atoms. The maximum atomic E-state index is 13.4. The Balaban J connectivity index is 1.45. The maximum absolute atomic E-state index is 13.4. The van der Waals surface area contributed by atoms with Crippen LogP contribution in [-0.4, -0.2) is 47.0 Å². The predicted molar refractivity (Wildman–Crippen MR) is 134 cm³/mol. The van der Waals surface area contributed by atoms with Crippen LogP contribution in [0.15, 0.2) is 65.6 Å². The largest absolute Gasteiger partial charge is 0.378 e. The molecule has 0 bridgehead atoms. The minimum absolute atomic E-state index is 0.272. The Morgan fingerprint density at radius 1 is 1.15 bits per heavy atom. The average Bonchev–Trinajstić information content (AvgIpc) is 3.49. The van der Waals surface area contributed by atoms with Crippen LogP contribution in [0.25, 0.3) is 11.3 Å². The highest BCUT2D eigenvalue weighted by Crippen LogP contribution is 2.25. The Labute approximate surface area is 204 Å². The molecule has 0 saturated carbocycles. The summed E-state index contributed by atoms with van der Waals surface area (Å²) in [5.41, 5.74) is 2.07. The molecule has 4 aromatic rings. The highest BCUT2D eigenvalue weighted by atomic mass is 35.5. The molecular weight excluding hydrogens is 474 g/mol. The van der Waals surface area contributed by atoms with Crippen molar-refractivity contribution in [2.75, 3.05) is 36.5 Å². The number of morpholine rings is 1. The van der Waals surface area contributed by atoms with Gasteiger partial charge in [0.15, 0.2) is 0 Å². The molecule has 1 saturated heterocycles. The van der Waals surface area contributed by atoms with E-state index >= 15 is 0 Å². The molecule has 4 heterocycles. The van der Waals surface area contributed by atoms with Crippen molar-refractivity contribution in [2.45, 2.75) is 6.54 Å². The molecule has 5 rings (SSSR count). The van der Waals surface area contributed by atoms with Crippen molar-refractivity contribution in [3.8, 4) is 11.3 Å². The third-order valence-corrected chi connectivity index (χ3v) is 6.79. The molecule has 174 valence electrons. The van der Waals surface area contributed by atoms with Crippen LogP contribution in [0.4, 0.5) is 11.5 Å². The summed E-state index contributed by atoms with van der Waals surface area (Å²) in [6.45, 7) is 3.50. The van der Waals surface area contributed by atoms with Crippen molar-refractivity contribution in [1.82, 2.24) is 14.8 Å². The van der Waals surface area contributed by atoms with Crippen molar-refractivity contribution in [3.05, 3.63) is 85.9 Å². The number of pyridine rings is 1. The van der Waals surface area contributed by atoms with E-state index in [1.807, 2.05) is 24.3 Å². The van der Waals surface area contributed by atoms with Gasteiger partial charge in [0, 0.05) is 41.5 Å². The summed E-state index contributed by atoms with van der Waals surface area (Å²) in [6, 6.07) is 16.3. The molecular formula is C24H22ClN5O3S. The lowest BCUT2D eigenvalue weighted by Crippen LogP contribution is -2.36. The number of nitrogens with zero attached hydrogens (tertiary/aromatic N) is 3. The number of thiophene rings is 1. The topological polar surface area (TPSA) is 92.2 Å². The van der Waals surface area contributed by atoms with E-state index in [1.165, 1.54) is 16.0 Å². The Kier molecular flexibility index (Phi) is 6.48. The van der Waals surface area contributed by atoms with Gasteiger partial charge in [-0.25, -0.2) is 0 Å². The summed E-state index contributed by atoms with van der Waals surface area (Å²) in [6.07, 6.45) is 1.56. The fourth-order valence-corrected chi connectivity index (χ4v) is 4.83. The number of hydrogen-bond donors (Lipinski definition) is 2. The first kappa shape index (κ1) is 22.4. The van der Waals surface area contributed by atoms with Crippen LogP contribution >= 0.6 is 22.9 Å². The van der Waals surface area contributed by atoms with Gasteiger partial charge in [0.2, 0.25) is 0 Å². The molecule has 0 aliphatic carbocycles.